The third-order valence-electron chi connectivity index (χ3n) is 2.84. The van der Waals surface area contributed by atoms with E-state index < -0.39 is 22.9 Å². The molecule has 7 nitrogen and oxygen atoms in total. The topological polar surface area (TPSA) is 101 Å². The first-order chi connectivity index (χ1) is 8.88. The number of aryl methyl sites for hydroxylation is 1. The third kappa shape index (κ3) is 2.65. The number of nitro groups is 1. The van der Waals surface area contributed by atoms with Crippen LogP contribution in [0.3, 0.4) is 0 Å². The molecule has 19 heavy (non-hydrogen) atoms. The smallest absolute Gasteiger partial charge is 0.322 e. The van der Waals surface area contributed by atoms with Crippen LogP contribution in [-0.2, 0) is 11.2 Å². The molecule has 1 saturated heterocycles. The number of hydrogen-bond donors (Lipinski definition) is 2. The van der Waals surface area contributed by atoms with Crippen molar-refractivity contribution in [3.63, 3.8) is 0 Å². The Morgan fingerprint density at radius 1 is 1.42 bits per heavy atom. The summed E-state index contributed by atoms with van der Waals surface area (Å²) in [5, 5.41) is 15.8. The second kappa shape index (κ2) is 4.85. The number of hydrogen-bond acceptors (Lipinski definition) is 4. The molecule has 1 unspecified atom stereocenters. The third-order valence-corrected chi connectivity index (χ3v) is 3.25. The van der Waals surface area contributed by atoms with Gasteiger partial charge in [0.1, 0.15) is 6.04 Å². The molecular formula is C11H10ClN3O4. The first kappa shape index (κ1) is 13.3. The fourth-order valence-electron chi connectivity index (χ4n) is 1.86. The summed E-state index contributed by atoms with van der Waals surface area (Å²) >= 11 is 5.93. The Hall–Kier alpha value is -2.15. The Bertz CT molecular complexity index is 588. The number of nitrogens with zero attached hydrogens (tertiary/aromatic N) is 1. The van der Waals surface area contributed by atoms with Gasteiger partial charge >= 0.3 is 6.03 Å². The largest absolute Gasteiger partial charge is 0.326 e. The minimum atomic E-state index is -0.815. The van der Waals surface area contributed by atoms with E-state index in [4.69, 9.17) is 11.6 Å². The summed E-state index contributed by atoms with van der Waals surface area (Å²) < 4.78 is 0. The van der Waals surface area contributed by atoms with Gasteiger partial charge in [0.15, 0.2) is 0 Å². The van der Waals surface area contributed by atoms with Gasteiger partial charge in [-0.25, -0.2) is 4.79 Å². The van der Waals surface area contributed by atoms with Gasteiger partial charge in [0.2, 0.25) is 0 Å². The van der Waals surface area contributed by atoms with E-state index in [2.05, 4.69) is 10.6 Å². The second-order valence-electron chi connectivity index (χ2n) is 4.21. The van der Waals surface area contributed by atoms with E-state index >= 15 is 0 Å². The highest BCUT2D eigenvalue weighted by Gasteiger charge is 2.31. The minimum Gasteiger partial charge on any atom is -0.326 e. The molecule has 100 valence electrons. The fraction of sp³-hybridized carbons (Fsp3) is 0.273. The van der Waals surface area contributed by atoms with Gasteiger partial charge in [0, 0.05) is 23.1 Å². The van der Waals surface area contributed by atoms with Crippen LogP contribution in [0.1, 0.15) is 11.1 Å². The molecule has 1 aliphatic rings. The number of amides is 3. The van der Waals surface area contributed by atoms with Crippen molar-refractivity contribution in [3.8, 4) is 0 Å². The Balaban J connectivity index is 2.34. The Morgan fingerprint density at radius 3 is 2.63 bits per heavy atom. The molecule has 1 aromatic carbocycles. The lowest BCUT2D eigenvalue weighted by atomic mass is 10.0. The summed E-state index contributed by atoms with van der Waals surface area (Å²) in [4.78, 5) is 32.9. The van der Waals surface area contributed by atoms with Crippen LogP contribution in [0.15, 0.2) is 12.1 Å². The van der Waals surface area contributed by atoms with Gasteiger partial charge in [-0.2, -0.15) is 0 Å². The van der Waals surface area contributed by atoms with E-state index in [-0.39, 0.29) is 12.1 Å². The van der Waals surface area contributed by atoms with Crippen LogP contribution in [0.25, 0.3) is 0 Å². The zero-order valence-corrected chi connectivity index (χ0v) is 10.7. The van der Waals surface area contributed by atoms with Crippen molar-refractivity contribution in [2.75, 3.05) is 0 Å². The van der Waals surface area contributed by atoms with Gasteiger partial charge < -0.3 is 5.32 Å². The van der Waals surface area contributed by atoms with Crippen molar-refractivity contribution >= 4 is 29.2 Å². The highest BCUT2D eigenvalue weighted by molar-refractivity contribution is 6.31. The van der Waals surface area contributed by atoms with Gasteiger partial charge in [-0.3, -0.25) is 20.2 Å². The second-order valence-corrected chi connectivity index (χ2v) is 4.61. The van der Waals surface area contributed by atoms with Crippen LogP contribution in [-0.4, -0.2) is 22.9 Å². The van der Waals surface area contributed by atoms with Crippen molar-refractivity contribution in [2.24, 2.45) is 0 Å². The van der Waals surface area contributed by atoms with Gasteiger partial charge in [-0.1, -0.05) is 11.6 Å². The zero-order valence-electron chi connectivity index (χ0n) is 9.90. The summed E-state index contributed by atoms with van der Waals surface area (Å²) in [6.45, 7) is 1.66. The number of carbonyl (C=O) groups excluding carboxylic acids is 2. The summed E-state index contributed by atoms with van der Waals surface area (Å²) in [6, 6.07) is 1.39. The predicted octanol–water partition coefficient (Wildman–Crippen LogP) is 1.31. The Kier molecular flexibility index (Phi) is 3.39. The van der Waals surface area contributed by atoms with E-state index in [1.54, 1.807) is 6.92 Å². The normalized spacial score (nSPS) is 18.1. The molecule has 1 heterocycles. The fourth-order valence-corrected chi connectivity index (χ4v) is 2.05. The average Bonchev–Trinajstić information content (AvgIpc) is 2.62. The molecule has 0 aromatic heterocycles. The first-order valence-electron chi connectivity index (χ1n) is 5.43. The predicted molar refractivity (Wildman–Crippen MR) is 67.0 cm³/mol. The molecule has 1 atom stereocenters. The average molecular weight is 284 g/mol. The lowest BCUT2D eigenvalue weighted by Crippen LogP contribution is -2.31. The van der Waals surface area contributed by atoms with Crippen LogP contribution in [0.4, 0.5) is 10.5 Å². The van der Waals surface area contributed by atoms with Gasteiger partial charge in [0.05, 0.1) is 4.92 Å². The van der Waals surface area contributed by atoms with Crippen molar-refractivity contribution in [3.05, 3.63) is 38.4 Å². The molecule has 3 amide bonds. The molecule has 0 spiro atoms. The maximum absolute atomic E-state index is 11.4. The van der Waals surface area contributed by atoms with E-state index in [0.717, 1.165) is 0 Å². The van der Waals surface area contributed by atoms with Gasteiger partial charge in [-0.15, -0.1) is 0 Å². The number of nitrogens with one attached hydrogen (secondary N) is 2. The molecule has 1 aliphatic heterocycles. The van der Waals surface area contributed by atoms with Gasteiger partial charge in [0.25, 0.3) is 11.6 Å². The van der Waals surface area contributed by atoms with E-state index in [9.17, 15) is 19.7 Å². The summed E-state index contributed by atoms with van der Waals surface area (Å²) in [6.07, 6.45) is 0.0217. The molecule has 1 aromatic rings. The maximum atomic E-state index is 11.4. The molecule has 2 N–H and O–H groups in total. The molecule has 2 rings (SSSR count). The van der Waals surface area contributed by atoms with E-state index in [1.165, 1.54) is 12.1 Å². The summed E-state index contributed by atoms with van der Waals surface area (Å²) in [5.41, 5.74) is 0.774. The van der Waals surface area contributed by atoms with Crippen LogP contribution in [0, 0.1) is 17.0 Å². The number of urea groups is 1. The van der Waals surface area contributed by atoms with Crippen LogP contribution in [0.5, 0.6) is 0 Å². The quantitative estimate of drug-likeness (QED) is 0.496. The van der Waals surface area contributed by atoms with Crippen LogP contribution < -0.4 is 10.6 Å². The van der Waals surface area contributed by atoms with Crippen molar-refractivity contribution < 1.29 is 14.5 Å². The molecule has 0 aliphatic carbocycles. The minimum absolute atomic E-state index is 0.0217. The monoisotopic (exact) mass is 283 g/mol. The van der Waals surface area contributed by atoms with Gasteiger partial charge in [-0.05, 0) is 18.6 Å². The summed E-state index contributed by atoms with van der Waals surface area (Å²) in [5.74, 6) is -0.504. The first-order valence-corrected chi connectivity index (χ1v) is 5.81. The van der Waals surface area contributed by atoms with Crippen molar-refractivity contribution in [1.29, 1.82) is 0 Å². The van der Waals surface area contributed by atoms with Crippen LogP contribution in [0.2, 0.25) is 5.02 Å². The molecule has 0 saturated carbocycles. The van der Waals surface area contributed by atoms with E-state index in [1.807, 2.05) is 0 Å². The van der Waals surface area contributed by atoms with Crippen molar-refractivity contribution in [2.45, 2.75) is 19.4 Å². The number of benzene rings is 1. The van der Waals surface area contributed by atoms with Crippen molar-refractivity contribution in [1.82, 2.24) is 10.6 Å². The number of carbonyl (C=O) groups is 2. The van der Waals surface area contributed by atoms with Crippen LogP contribution >= 0.6 is 11.6 Å². The standard InChI is InChI=1S/C11H10ClN3O4/c1-5-2-9(15(18)19)6(3-7(5)12)4-8-10(16)14-11(17)13-8/h2-3,8H,4H2,1H3,(H2,13,14,16,17). The molecule has 0 radical (unpaired) electrons. The highest BCUT2D eigenvalue weighted by Crippen LogP contribution is 2.27. The molecule has 8 heteroatoms. The maximum Gasteiger partial charge on any atom is 0.322 e. The number of rotatable bonds is 3. The molecule has 0 bridgehead atoms. The number of nitro benzene ring substituents is 1. The SMILES string of the molecule is Cc1cc([N+](=O)[O-])c(CC2NC(=O)NC2=O)cc1Cl. The molecule has 1 fully saturated rings. The Labute approximate surface area is 113 Å². The summed E-state index contributed by atoms with van der Waals surface area (Å²) in [7, 11) is 0. The lowest BCUT2D eigenvalue weighted by molar-refractivity contribution is -0.385. The Morgan fingerprint density at radius 2 is 2.11 bits per heavy atom. The zero-order chi connectivity index (χ0) is 14.2. The van der Waals surface area contributed by atoms with E-state index in [0.29, 0.717) is 16.1 Å². The number of imide groups is 1. The molecular weight excluding hydrogens is 274 g/mol. The highest BCUT2D eigenvalue weighted by atomic mass is 35.5. The number of halogens is 1. The lowest BCUT2D eigenvalue weighted by Gasteiger charge is -2.09.